The van der Waals surface area contributed by atoms with Crippen LogP contribution < -0.4 is 0 Å². The Labute approximate surface area is 149 Å². The molecule has 0 bridgehead atoms. The number of hydrogen-bond acceptors (Lipinski definition) is 2. The van der Waals surface area contributed by atoms with Crippen LogP contribution in [-0.2, 0) is 0 Å². The Hall–Kier alpha value is -2.42. The van der Waals surface area contributed by atoms with Gasteiger partial charge in [-0.2, -0.15) is 0 Å². The summed E-state index contributed by atoms with van der Waals surface area (Å²) in [7, 11) is 0. The first kappa shape index (κ1) is 15.1. The zero-order valence-electron chi connectivity index (χ0n) is 12.6. The largest absolute Gasteiger partial charge is 0.228 e. The third-order valence-electron chi connectivity index (χ3n) is 3.82. The van der Waals surface area contributed by atoms with Gasteiger partial charge in [0.1, 0.15) is 0 Å². The SMILES string of the molecule is Clc1ccc(-c2nc(-c3ccccc3)c3ccccc3n2)c(Cl)c1. The van der Waals surface area contributed by atoms with Gasteiger partial charge < -0.3 is 0 Å². The second-order valence-electron chi connectivity index (χ2n) is 5.40. The molecule has 2 nitrogen and oxygen atoms in total. The summed E-state index contributed by atoms with van der Waals surface area (Å²) in [5.41, 5.74) is 3.58. The third-order valence-corrected chi connectivity index (χ3v) is 4.37. The Morgan fingerprint density at radius 3 is 2.25 bits per heavy atom. The Balaban J connectivity index is 2.01. The predicted molar refractivity (Wildman–Crippen MR) is 100 cm³/mol. The number of benzene rings is 3. The van der Waals surface area contributed by atoms with Crippen molar-refractivity contribution in [3.8, 4) is 22.6 Å². The lowest BCUT2D eigenvalue weighted by Gasteiger charge is -2.10. The molecule has 0 aliphatic carbocycles. The van der Waals surface area contributed by atoms with Gasteiger partial charge in [-0.3, -0.25) is 0 Å². The first-order chi connectivity index (χ1) is 11.7. The predicted octanol–water partition coefficient (Wildman–Crippen LogP) is 6.27. The lowest BCUT2D eigenvalue weighted by atomic mass is 10.1. The number of hydrogen-bond donors (Lipinski definition) is 0. The van der Waals surface area contributed by atoms with Gasteiger partial charge in [0.2, 0.25) is 0 Å². The maximum atomic E-state index is 6.35. The van der Waals surface area contributed by atoms with Crippen molar-refractivity contribution < 1.29 is 0 Å². The molecule has 3 aromatic carbocycles. The highest BCUT2D eigenvalue weighted by atomic mass is 35.5. The molecule has 0 amide bonds. The normalized spacial score (nSPS) is 10.9. The van der Waals surface area contributed by atoms with E-state index in [-0.39, 0.29) is 0 Å². The lowest BCUT2D eigenvalue weighted by Crippen LogP contribution is -1.95. The van der Waals surface area contributed by atoms with Gasteiger partial charge in [-0.15, -0.1) is 0 Å². The molecule has 4 heteroatoms. The first-order valence-corrected chi connectivity index (χ1v) is 8.25. The monoisotopic (exact) mass is 350 g/mol. The summed E-state index contributed by atoms with van der Waals surface area (Å²) in [6, 6.07) is 23.4. The van der Waals surface area contributed by atoms with E-state index in [9.17, 15) is 0 Å². The van der Waals surface area contributed by atoms with Crippen LogP contribution in [0.3, 0.4) is 0 Å². The third kappa shape index (κ3) is 2.75. The molecule has 0 atom stereocenters. The average molecular weight is 351 g/mol. The van der Waals surface area contributed by atoms with Crippen molar-refractivity contribution in [3.63, 3.8) is 0 Å². The standard InChI is InChI=1S/C20H12Cl2N2/c21-14-10-11-15(17(22)12-14)20-23-18-9-5-4-8-16(18)19(24-20)13-6-2-1-3-7-13/h1-12H. The van der Waals surface area contributed by atoms with Crippen LogP contribution in [0, 0.1) is 0 Å². The number of para-hydroxylation sites is 1. The molecule has 24 heavy (non-hydrogen) atoms. The summed E-state index contributed by atoms with van der Waals surface area (Å²) in [4.78, 5) is 9.48. The highest BCUT2D eigenvalue weighted by Crippen LogP contribution is 2.32. The van der Waals surface area contributed by atoms with E-state index >= 15 is 0 Å². The van der Waals surface area contributed by atoms with Crippen molar-refractivity contribution in [2.45, 2.75) is 0 Å². The summed E-state index contributed by atoms with van der Waals surface area (Å²) >= 11 is 12.4. The minimum atomic E-state index is 0.539. The molecular weight excluding hydrogens is 339 g/mol. The highest BCUT2D eigenvalue weighted by molar-refractivity contribution is 6.36. The van der Waals surface area contributed by atoms with E-state index in [4.69, 9.17) is 28.2 Å². The molecular formula is C20H12Cl2N2. The molecule has 4 rings (SSSR count). The fourth-order valence-electron chi connectivity index (χ4n) is 2.68. The highest BCUT2D eigenvalue weighted by Gasteiger charge is 2.13. The van der Waals surface area contributed by atoms with Crippen LogP contribution >= 0.6 is 23.2 Å². The van der Waals surface area contributed by atoms with Gasteiger partial charge >= 0.3 is 0 Å². The summed E-state index contributed by atoms with van der Waals surface area (Å²) in [5.74, 6) is 0.592. The van der Waals surface area contributed by atoms with Crippen molar-refractivity contribution in [1.82, 2.24) is 9.97 Å². The van der Waals surface area contributed by atoms with Gasteiger partial charge in [0.05, 0.1) is 16.2 Å². The molecule has 0 unspecified atom stereocenters. The molecule has 0 radical (unpaired) electrons. The number of aromatic nitrogens is 2. The van der Waals surface area contributed by atoms with Gasteiger partial charge in [-0.25, -0.2) is 9.97 Å². The van der Waals surface area contributed by atoms with Crippen molar-refractivity contribution in [3.05, 3.63) is 82.8 Å². The smallest absolute Gasteiger partial charge is 0.161 e. The second-order valence-corrected chi connectivity index (χ2v) is 6.25. The van der Waals surface area contributed by atoms with Gasteiger partial charge in [-0.05, 0) is 24.3 Å². The van der Waals surface area contributed by atoms with Gasteiger partial charge in [0.15, 0.2) is 5.82 Å². The minimum Gasteiger partial charge on any atom is -0.228 e. The van der Waals surface area contributed by atoms with Crippen LogP contribution in [-0.4, -0.2) is 9.97 Å². The Bertz CT molecular complexity index is 1030. The van der Waals surface area contributed by atoms with Crippen molar-refractivity contribution in [2.75, 3.05) is 0 Å². The maximum Gasteiger partial charge on any atom is 0.161 e. The number of fused-ring (bicyclic) bond motifs is 1. The first-order valence-electron chi connectivity index (χ1n) is 7.50. The number of nitrogens with zero attached hydrogens (tertiary/aromatic N) is 2. The lowest BCUT2D eigenvalue weighted by molar-refractivity contribution is 1.23. The molecule has 0 saturated carbocycles. The molecule has 1 heterocycles. The zero-order chi connectivity index (χ0) is 16.5. The van der Waals surface area contributed by atoms with Crippen LogP contribution in [0.2, 0.25) is 10.0 Å². The quantitative estimate of drug-likeness (QED) is 0.425. The minimum absolute atomic E-state index is 0.539. The van der Waals surface area contributed by atoms with Crippen LogP contribution in [0.25, 0.3) is 33.5 Å². The molecule has 116 valence electrons. The van der Waals surface area contributed by atoms with E-state index in [0.29, 0.717) is 15.9 Å². The summed E-state index contributed by atoms with van der Waals surface area (Å²) in [6.45, 7) is 0. The van der Waals surface area contributed by atoms with Crippen molar-refractivity contribution >= 4 is 34.1 Å². The average Bonchev–Trinajstić information content (AvgIpc) is 2.61. The van der Waals surface area contributed by atoms with E-state index in [2.05, 4.69) is 4.98 Å². The van der Waals surface area contributed by atoms with Crippen molar-refractivity contribution in [2.24, 2.45) is 0 Å². The molecule has 0 aliphatic heterocycles. The van der Waals surface area contributed by atoms with E-state index < -0.39 is 0 Å². The Morgan fingerprint density at radius 2 is 1.46 bits per heavy atom. The second kappa shape index (κ2) is 6.23. The van der Waals surface area contributed by atoms with Crippen LogP contribution in [0.4, 0.5) is 0 Å². The van der Waals surface area contributed by atoms with Crippen LogP contribution in [0.15, 0.2) is 72.8 Å². The van der Waals surface area contributed by atoms with E-state index in [1.807, 2.05) is 60.7 Å². The molecule has 4 aromatic rings. The maximum absolute atomic E-state index is 6.35. The van der Waals surface area contributed by atoms with E-state index in [1.54, 1.807) is 12.1 Å². The molecule has 0 N–H and O–H groups in total. The zero-order valence-corrected chi connectivity index (χ0v) is 14.1. The number of rotatable bonds is 2. The summed E-state index contributed by atoms with van der Waals surface area (Å²) in [5, 5.41) is 2.14. The molecule has 1 aromatic heterocycles. The van der Waals surface area contributed by atoms with Gasteiger partial charge in [-0.1, -0.05) is 71.7 Å². The van der Waals surface area contributed by atoms with Crippen LogP contribution in [0.1, 0.15) is 0 Å². The Morgan fingerprint density at radius 1 is 0.708 bits per heavy atom. The van der Waals surface area contributed by atoms with Crippen LogP contribution in [0.5, 0.6) is 0 Å². The van der Waals surface area contributed by atoms with E-state index in [0.717, 1.165) is 27.7 Å². The fraction of sp³-hybridized carbons (Fsp3) is 0. The number of halogens is 2. The summed E-state index contributed by atoms with van der Waals surface area (Å²) in [6.07, 6.45) is 0. The molecule has 0 spiro atoms. The topological polar surface area (TPSA) is 25.8 Å². The van der Waals surface area contributed by atoms with Gasteiger partial charge in [0.25, 0.3) is 0 Å². The van der Waals surface area contributed by atoms with E-state index in [1.165, 1.54) is 0 Å². The van der Waals surface area contributed by atoms with Gasteiger partial charge in [0, 0.05) is 21.5 Å². The summed E-state index contributed by atoms with van der Waals surface area (Å²) < 4.78 is 0. The Kier molecular flexibility index (Phi) is 3.93. The van der Waals surface area contributed by atoms with Crippen molar-refractivity contribution in [1.29, 1.82) is 0 Å². The molecule has 0 fully saturated rings. The fourth-order valence-corrected chi connectivity index (χ4v) is 3.18. The molecule has 0 saturated heterocycles. The molecule has 0 aliphatic rings.